The molecule has 32 heavy (non-hydrogen) atoms. The van der Waals surface area contributed by atoms with Gasteiger partial charge in [0.05, 0.1) is 18.8 Å². The van der Waals surface area contributed by atoms with Gasteiger partial charge in [0.15, 0.2) is 23.1 Å². The number of nitrogens with zero attached hydrogens (tertiary/aromatic N) is 5. The second kappa shape index (κ2) is 13.1. The van der Waals surface area contributed by atoms with Gasteiger partial charge in [-0.1, -0.05) is 13.8 Å². The Labute approximate surface area is 245 Å². The Morgan fingerprint density at radius 2 is 2.00 bits per heavy atom. The van der Waals surface area contributed by atoms with Gasteiger partial charge in [-0.2, -0.15) is 5.10 Å². The smallest absolute Gasteiger partial charge is 0.436 e. The molecule has 0 saturated heterocycles. The van der Waals surface area contributed by atoms with Crippen molar-refractivity contribution in [1.82, 2.24) is 25.1 Å². The first-order chi connectivity index (χ1) is 14.5. The first-order valence-electron chi connectivity index (χ1n) is 9.35. The third-order valence-corrected chi connectivity index (χ3v) is 4.26. The number of hydrogen-bond acceptors (Lipinski definition) is 8. The second-order valence-corrected chi connectivity index (χ2v) is 6.06. The summed E-state index contributed by atoms with van der Waals surface area (Å²) in [5.41, 5.74) is 6.26. The predicted octanol–water partition coefficient (Wildman–Crippen LogP) is 1.34. The first-order valence-corrected chi connectivity index (χ1v) is 9.35. The molecule has 0 aromatic carbocycles. The quantitative estimate of drug-likeness (QED) is 0.476. The molecule has 3 aromatic heterocycles. The van der Waals surface area contributed by atoms with Crippen LogP contribution in [0.5, 0.6) is 17.4 Å². The average Bonchev–Trinajstić information content (AvgIpc) is 2.76. The summed E-state index contributed by atoms with van der Waals surface area (Å²) in [4.78, 5) is 21.9. The molecule has 1 aliphatic heterocycles. The number of nitrogen functional groups attached to an aromatic ring is 1. The van der Waals surface area contributed by atoms with Gasteiger partial charge in [-0.25, -0.2) is 14.2 Å². The van der Waals surface area contributed by atoms with Crippen LogP contribution >= 0.6 is 0 Å². The molecule has 164 valence electrons. The standard InChI is InChI=1S/C18H15FN6O3.C2H6.CH3.Cs/c1-10-16-13(7-12(8-22-16)27-14-3-2-5-23-24-14)28-18(26)25(10)9-11-4-6-21-17(20)15(11)19;1-2;;/h2-8,10H,9H2,1H3,(H2,20,21);1-2H3;1H3;/q;;-1;+1. The molecule has 4 heterocycles. The molecule has 9 nitrogen and oxygen atoms in total. The molecule has 1 atom stereocenters. The molecule has 3 aromatic rings. The topological polar surface area (TPSA) is 116 Å². The SMILES string of the molecule is CC.CC1c2ncc(Oc3cccnn3)cc2OC(=O)N1Cc1ccnc(N)c1F.[CH3-].[Cs+]. The first kappa shape index (κ1) is 28.3. The van der Waals surface area contributed by atoms with Crippen LogP contribution in [0.25, 0.3) is 0 Å². The van der Waals surface area contributed by atoms with E-state index >= 15 is 0 Å². The van der Waals surface area contributed by atoms with Crippen molar-refractivity contribution in [3.05, 3.63) is 67.4 Å². The number of carbonyl (C=O) groups is 1. The van der Waals surface area contributed by atoms with E-state index in [0.717, 1.165) is 0 Å². The fourth-order valence-corrected chi connectivity index (χ4v) is 2.82. The number of pyridine rings is 2. The maximum atomic E-state index is 14.2. The molecule has 0 fully saturated rings. The molecule has 0 saturated carbocycles. The molecular formula is C21H24CsFN6O3. The van der Waals surface area contributed by atoms with E-state index in [9.17, 15) is 9.18 Å². The monoisotopic (exact) mass is 560 g/mol. The van der Waals surface area contributed by atoms with Crippen LogP contribution in [0, 0.1) is 13.2 Å². The van der Waals surface area contributed by atoms with E-state index in [4.69, 9.17) is 15.2 Å². The van der Waals surface area contributed by atoms with Crippen molar-refractivity contribution in [2.24, 2.45) is 0 Å². The number of hydrogen-bond donors (Lipinski definition) is 1. The van der Waals surface area contributed by atoms with E-state index < -0.39 is 18.0 Å². The van der Waals surface area contributed by atoms with Crippen LogP contribution in [0.3, 0.4) is 0 Å². The number of ether oxygens (including phenoxy) is 2. The van der Waals surface area contributed by atoms with Gasteiger partial charge in [0.25, 0.3) is 0 Å². The van der Waals surface area contributed by atoms with Gasteiger partial charge < -0.3 is 22.6 Å². The molecule has 1 amide bonds. The normalized spacial score (nSPS) is 13.9. The summed E-state index contributed by atoms with van der Waals surface area (Å²) in [7, 11) is 0. The Hall–Kier alpha value is -1.77. The van der Waals surface area contributed by atoms with E-state index in [2.05, 4.69) is 20.2 Å². The molecule has 0 aliphatic carbocycles. The van der Waals surface area contributed by atoms with E-state index in [1.54, 1.807) is 25.1 Å². The number of anilines is 1. The molecule has 11 heteroatoms. The van der Waals surface area contributed by atoms with Crippen LogP contribution in [0.2, 0.25) is 0 Å². The maximum absolute atomic E-state index is 14.2. The summed E-state index contributed by atoms with van der Waals surface area (Å²) < 4.78 is 25.1. The van der Waals surface area contributed by atoms with Gasteiger partial charge in [0.2, 0.25) is 5.88 Å². The van der Waals surface area contributed by atoms with Crippen molar-refractivity contribution in [3.63, 3.8) is 0 Å². The summed E-state index contributed by atoms with van der Waals surface area (Å²) in [6.45, 7) is 5.75. The number of nitrogens with two attached hydrogens (primary N) is 1. The van der Waals surface area contributed by atoms with Gasteiger partial charge in [0.1, 0.15) is 5.69 Å². The molecule has 0 spiro atoms. The summed E-state index contributed by atoms with van der Waals surface area (Å²) in [6.07, 6.45) is 3.77. The van der Waals surface area contributed by atoms with Crippen LogP contribution in [0.1, 0.15) is 38.1 Å². The molecular weight excluding hydrogens is 536 g/mol. The van der Waals surface area contributed by atoms with Crippen LogP contribution in [-0.2, 0) is 6.54 Å². The number of carbonyl (C=O) groups excluding carboxylic acids is 1. The Kier molecular flexibility index (Phi) is 11.5. The van der Waals surface area contributed by atoms with Crippen LogP contribution in [0.15, 0.2) is 42.9 Å². The summed E-state index contributed by atoms with van der Waals surface area (Å²) in [5, 5.41) is 7.55. The van der Waals surface area contributed by atoms with Gasteiger partial charge in [0, 0.05) is 30.1 Å². The molecule has 0 radical (unpaired) electrons. The van der Waals surface area contributed by atoms with Crippen LogP contribution < -0.4 is 84.1 Å². The number of halogens is 1. The third kappa shape index (κ3) is 6.39. The van der Waals surface area contributed by atoms with Crippen molar-refractivity contribution in [1.29, 1.82) is 0 Å². The zero-order valence-electron chi connectivity index (χ0n) is 18.7. The fraction of sp³-hybridized carbons (Fsp3) is 0.238. The van der Waals surface area contributed by atoms with Gasteiger partial charge >= 0.3 is 75.0 Å². The van der Waals surface area contributed by atoms with Crippen LogP contribution in [-0.4, -0.2) is 31.2 Å². The number of aromatic nitrogens is 4. The Bertz CT molecular complexity index is 1040. The summed E-state index contributed by atoms with van der Waals surface area (Å²) >= 11 is 0. The van der Waals surface area contributed by atoms with Gasteiger partial charge in [-0.15, -0.1) is 5.10 Å². The van der Waals surface area contributed by atoms with E-state index in [0.29, 0.717) is 11.4 Å². The largest absolute Gasteiger partial charge is 1.00 e. The zero-order valence-corrected chi connectivity index (χ0v) is 25.0. The maximum Gasteiger partial charge on any atom is 1.00 e. The molecule has 0 bridgehead atoms. The van der Waals surface area contributed by atoms with E-state index in [1.807, 2.05) is 13.8 Å². The zero-order chi connectivity index (χ0) is 21.7. The Morgan fingerprint density at radius 3 is 2.69 bits per heavy atom. The minimum absolute atomic E-state index is 0. The number of amides is 1. The second-order valence-electron chi connectivity index (χ2n) is 6.06. The van der Waals surface area contributed by atoms with Crippen molar-refractivity contribution in [2.45, 2.75) is 33.4 Å². The van der Waals surface area contributed by atoms with Gasteiger partial charge in [-0.05, 0) is 19.1 Å². The van der Waals surface area contributed by atoms with Crippen molar-refractivity contribution in [3.8, 4) is 17.4 Å². The number of rotatable bonds is 4. The Morgan fingerprint density at radius 1 is 1.25 bits per heavy atom. The molecule has 1 unspecified atom stereocenters. The summed E-state index contributed by atoms with van der Waals surface area (Å²) in [5.74, 6) is 0.0196. The number of fused-ring (bicyclic) bond motifs is 1. The third-order valence-electron chi connectivity index (χ3n) is 4.26. The summed E-state index contributed by atoms with van der Waals surface area (Å²) in [6, 6.07) is 5.88. The van der Waals surface area contributed by atoms with Crippen molar-refractivity contribution in [2.75, 3.05) is 5.73 Å². The predicted molar refractivity (Wildman–Crippen MR) is 113 cm³/mol. The molecule has 1 aliphatic rings. The minimum Gasteiger partial charge on any atom is -0.436 e. The minimum atomic E-state index is -0.658. The van der Waals surface area contributed by atoms with Crippen molar-refractivity contribution < 1.29 is 87.6 Å². The molecule has 4 rings (SSSR count). The molecule has 2 N–H and O–H groups in total. The average molecular weight is 560 g/mol. The Balaban J connectivity index is 0.00000125. The van der Waals surface area contributed by atoms with E-state index in [1.165, 1.54) is 29.6 Å². The van der Waals surface area contributed by atoms with Crippen LogP contribution in [0.4, 0.5) is 15.0 Å². The van der Waals surface area contributed by atoms with Gasteiger partial charge in [-0.3, -0.25) is 9.88 Å². The van der Waals surface area contributed by atoms with Crippen molar-refractivity contribution >= 4 is 11.9 Å². The van der Waals surface area contributed by atoms with E-state index in [-0.39, 0.29) is 106 Å². The fourth-order valence-electron chi connectivity index (χ4n) is 2.82.